The van der Waals surface area contributed by atoms with E-state index in [1.807, 2.05) is 0 Å². The van der Waals surface area contributed by atoms with Crippen LogP contribution in [0.2, 0.25) is 0 Å². The molecule has 4 nitrogen and oxygen atoms in total. The van der Waals surface area contributed by atoms with Gasteiger partial charge >= 0.3 is 0 Å². The number of halogens is 1. The molecule has 1 heterocycles. The number of nitrogens with one attached hydrogen (secondary N) is 1. The normalized spacial score (nSPS) is 12.5. The highest BCUT2D eigenvalue weighted by Gasteiger charge is 2.12. The first-order valence-corrected chi connectivity index (χ1v) is 4.60. The molecular weight excluding hydrogens is 238 g/mol. The van der Waals surface area contributed by atoms with E-state index in [4.69, 9.17) is 9.52 Å². The minimum atomic E-state index is -0.547. The monoisotopic (exact) mass is 247 g/mol. The summed E-state index contributed by atoms with van der Waals surface area (Å²) >= 11 is 3.08. The number of carbonyl (C=O) groups excluding carboxylic acids is 1. The molecule has 0 bridgehead atoms. The van der Waals surface area contributed by atoms with Gasteiger partial charge < -0.3 is 14.8 Å². The fraction of sp³-hybridized carbons (Fsp3) is 0.375. The van der Waals surface area contributed by atoms with Crippen molar-refractivity contribution in [3.05, 3.63) is 22.6 Å². The maximum atomic E-state index is 11.3. The molecule has 1 aromatic rings. The topological polar surface area (TPSA) is 62.5 Å². The average molecular weight is 248 g/mol. The summed E-state index contributed by atoms with van der Waals surface area (Å²) < 4.78 is 5.28. The highest BCUT2D eigenvalue weighted by Crippen LogP contribution is 2.16. The van der Waals surface area contributed by atoms with Crippen LogP contribution in [0.4, 0.5) is 0 Å². The van der Waals surface area contributed by atoms with E-state index in [1.165, 1.54) is 6.26 Å². The van der Waals surface area contributed by atoms with Gasteiger partial charge in [0, 0.05) is 6.54 Å². The first kappa shape index (κ1) is 10.3. The summed E-state index contributed by atoms with van der Waals surface area (Å²) in [6, 6.07) is 1.56. The molecule has 1 aromatic heterocycles. The maximum absolute atomic E-state index is 11.3. The predicted octanol–water partition coefficient (Wildman–Crippen LogP) is 1.15. The van der Waals surface area contributed by atoms with Gasteiger partial charge in [-0.1, -0.05) is 0 Å². The number of furan rings is 1. The second-order valence-electron chi connectivity index (χ2n) is 2.67. The molecule has 0 aliphatic rings. The molecule has 72 valence electrons. The highest BCUT2D eigenvalue weighted by atomic mass is 79.9. The third-order valence-electron chi connectivity index (χ3n) is 1.42. The quantitative estimate of drug-likeness (QED) is 0.843. The van der Waals surface area contributed by atoms with Gasteiger partial charge in [0.25, 0.3) is 5.91 Å². The number of aliphatic hydroxyl groups excluding tert-OH is 1. The van der Waals surface area contributed by atoms with Gasteiger partial charge in [0.2, 0.25) is 0 Å². The van der Waals surface area contributed by atoms with Crippen LogP contribution in [0.25, 0.3) is 0 Å². The molecule has 0 saturated heterocycles. The molecule has 1 atom stereocenters. The van der Waals surface area contributed by atoms with Gasteiger partial charge in [-0.3, -0.25) is 4.79 Å². The number of carbonyl (C=O) groups is 1. The smallest absolute Gasteiger partial charge is 0.255 e. The van der Waals surface area contributed by atoms with Crippen LogP contribution in [0.5, 0.6) is 0 Å². The van der Waals surface area contributed by atoms with Crippen LogP contribution in [-0.2, 0) is 0 Å². The summed E-state index contributed by atoms with van der Waals surface area (Å²) in [4.78, 5) is 11.3. The van der Waals surface area contributed by atoms with Crippen LogP contribution in [0, 0.1) is 0 Å². The molecule has 0 aliphatic carbocycles. The van der Waals surface area contributed by atoms with Crippen LogP contribution in [0.15, 0.2) is 21.4 Å². The SMILES string of the molecule is C[C@@H](O)CNC(=O)c1ccoc1Br. The van der Waals surface area contributed by atoms with Gasteiger partial charge in [0.05, 0.1) is 17.9 Å². The third kappa shape index (κ3) is 2.86. The van der Waals surface area contributed by atoms with Gasteiger partial charge in [-0.2, -0.15) is 0 Å². The number of rotatable bonds is 3. The molecule has 0 fully saturated rings. The van der Waals surface area contributed by atoms with Gasteiger partial charge in [0.1, 0.15) is 0 Å². The van der Waals surface area contributed by atoms with Gasteiger partial charge in [-0.15, -0.1) is 0 Å². The molecule has 0 unspecified atom stereocenters. The standard InChI is InChI=1S/C8H10BrNO3/c1-5(11)4-10-8(12)6-2-3-13-7(6)9/h2-3,5,11H,4H2,1H3,(H,10,12)/t5-/m1/s1. The van der Waals surface area contributed by atoms with Crippen molar-refractivity contribution in [1.82, 2.24) is 5.32 Å². The zero-order chi connectivity index (χ0) is 9.84. The van der Waals surface area contributed by atoms with Crippen molar-refractivity contribution in [3.8, 4) is 0 Å². The van der Waals surface area contributed by atoms with Crippen LogP contribution >= 0.6 is 15.9 Å². The Hall–Kier alpha value is -0.810. The highest BCUT2D eigenvalue weighted by molar-refractivity contribution is 9.10. The minimum Gasteiger partial charge on any atom is -0.457 e. The van der Waals surface area contributed by atoms with Gasteiger partial charge in [0.15, 0.2) is 4.67 Å². The average Bonchev–Trinajstić information content (AvgIpc) is 2.47. The van der Waals surface area contributed by atoms with E-state index in [0.29, 0.717) is 10.2 Å². The Labute approximate surface area is 84.1 Å². The fourth-order valence-corrected chi connectivity index (χ4v) is 1.21. The Balaban J connectivity index is 2.54. The Bertz CT molecular complexity index is 295. The Morgan fingerprint density at radius 3 is 3.00 bits per heavy atom. The molecule has 0 spiro atoms. The summed E-state index contributed by atoms with van der Waals surface area (Å²) in [7, 11) is 0. The van der Waals surface area contributed by atoms with E-state index >= 15 is 0 Å². The lowest BCUT2D eigenvalue weighted by Gasteiger charge is -2.05. The molecule has 0 aromatic carbocycles. The van der Waals surface area contributed by atoms with Gasteiger partial charge in [-0.25, -0.2) is 0 Å². The maximum Gasteiger partial charge on any atom is 0.255 e. The first-order chi connectivity index (χ1) is 6.11. The number of aliphatic hydroxyl groups is 1. The van der Waals surface area contributed by atoms with Crippen molar-refractivity contribution >= 4 is 21.8 Å². The van der Waals surface area contributed by atoms with Crippen molar-refractivity contribution in [2.45, 2.75) is 13.0 Å². The van der Waals surface area contributed by atoms with E-state index in [1.54, 1.807) is 13.0 Å². The lowest BCUT2D eigenvalue weighted by Crippen LogP contribution is -2.30. The zero-order valence-electron chi connectivity index (χ0n) is 7.08. The zero-order valence-corrected chi connectivity index (χ0v) is 8.67. The molecule has 0 radical (unpaired) electrons. The van der Waals surface area contributed by atoms with Crippen LogP contribution in [-0.4, -0.2) is 23.7 Å². The summed E-state index contributed by atoms with van der Waals surface area (Å²) in [5.41, 5.74) is 0.431. The summed E-state index contributed by atoms with van der Waals surface area (Å²) in [6.45, 7) is 1.83. The molecule has 13 heavy (non-hydrogen) atoms. The lowest BCUT2D eigenvalue weighted by molar-refractivity contribution is 0.0922. The Morgan fingerprint density at radius 1 is 1.85 bits per heavy atom. The second-order valence-corrected chi connectivity index (χ2v) is 3.39. The number of hydrogen-bond acceptors (Lipinski definition) is 3. The van der Waals surface area contributed by atoms with E-state index < -0.39 is 6.10 Å². The molecule has 5 heteroatoms. The van der Waals surface area contributed by atoms with Crippen molar-refractivity contribution < 1.29 is 14.3 Å². The Morgan fingerprint density at radius 2 is 2.54 bits per heavy atom. The summed E-state index contributed by atoms with van der Waals surface area (Å²) in [5.74, 6) is -0.262. The van der Waals surface area contributed by atoms with E-state index in [0.717, 1.165) is 0 Å². The number of hydrogen-bond donors (Lipinski definition) is 2. The van der Waals surface area contributed by atoms with Crippen molar-refractivity contribution in [2.24, 2.45) is 0 Å². The lowest BCUT2D eigenvalue weighted by atomic mass is 10.3. The number of amides is 1. The molecule has 0 saturated carbocycles. The van der Waals surface area contributed by atoms with Gasteiger partial charge in [-0.05, 0) is 28.9 Å². The molecular formula is C8H10BrNO3. The molecule has 2 N–H and O–H groups in total. The predicted molar refractivity (Wildman–Crippen MR) is 50.4 cm³/mol. The third-order valence-corrected chi connectivity index (χ3v) is 2.03. The van der Waals surface area contributed by atoms with E-state index in [-0.39, 0.29) is 12.5 Å². The van der Waals surface area contributed by atoms with Crippen LogP contribution in [0.1, 0.15) is 17.3 Å². The molecule has 0 aliphatic heterocycles. The minimum absolute atomic E-state index is 0.233. The largest absolute Gasteiger partial charge is 0.457 e. The second kappa shape index (κ2) is 4.43. The van der Waals surface area contributed by atoms with Crippen LogP contribution in [0.3, 0.4) is 0 Å². The van der Waals surface area contributed by atoms with Crippen molar-refractivity contribution in [1.29, 1.82) is 0 Å². The Kier molecular flexibility index (Phi) is 3.50. The van der Waals surface area contributed by atoms with Crippen LogP contribution < -0.4 is 5.32 Å². The van der Waals surface area contributed by atoms with E-state index in [9.17, 15) is 4.79 Å². The molecule has 1 rings (SSSR count). The first-order valence-electron chi connectivity index (χ1n) is 3.80. The summed E-state index contributed by atoms with van der Waals surface area (Å²) in [5, 5.41) is 11.5. The van der Waals surface area contributed by atoms with E-state index in [2.05, 4.69) is 21.2 Å². The fourth-order valence-electron chi connectivity index (χ4n) is 0.791. The van der Waals surface area contributed by atoms with Crippen molar-refractivity contribution in [3.63, 3.8) is 0 Å². The molecule has 1 amide bonds. The van der Waals surface area contributed by atoms with Crippen molar-refractivity contribution in [2.75, 3.05) is 6.54 Å². The summed E-state index contributed by atoms with van der Waals surface area (Å²) in [6.07, 6.45) is 0.871.